The van der Waals surface area contributed by atoms with Crippen LogP contribution in [-0.2, 0) is 14.3 Å². The zero-order chi connectivity index (χ0) is 20.4. The van der Waals surface area contributed by atoms with Gasteiger partial charge in [-0.25, -0.2) is 4.79 Å². The van der Waals surface area contributed by atoms with E-state index < -0.39 is 11.9 Å². The minimum Gasteiger partial charge on any atom is -0.452 e. The summed E-state index contributed by atoms with van der Waals surface area (Å²) in [6, 6.07) is 7.97. The lowest BCUT2D eigenvalue weighted by atomic mass is 10.1. The van der Waals surface area contributed by atoms with Crippen molar-refractivity contribution in [3.05, 3.63) is 29.8 Å². The fourth-order valence-electron chi connectivity index (χ4n) is 2.57. The Labute approximate surface area is 160 Å². The molecule has 2 amide bonds. The number of nitriles is 1. The van der Waals surface area contributed by atoms with E-state index in [0.717, 1.165) is 12.8 Å². The van der Waals surface area contributed by atoms with E-state index >= 15 is 0 Å². The summed E-state index contributed by atoms with van der Waals surface area (Å²) in [6.07, 6.45) is 1.40. The summed E-state index contributed by atoms with van der Waals surface area (Å²) in [5, 5.41) is 11.0. The van der Waals surface area contributed by atoms with Crippen LogP contribution in [0.2, 0.25) is 0 Å². The van der Waals surface area contributed by atoms with Gasteiger partial charge in [-0.2, -0.15) is 5.26 Å². The van der Waals surface area contributed by atoms with Crippen LogP contribution < -0.4 is 5.32 Å². The van der Waals surface area contributed by atoms with Gasteiger partial charge in [-0.15, -0.1) is 0 Å². The molecule has 146 valence electrons. The molecular weight excluding hydrogens is 346 g/mol. The average molecular weight is 373 g/mol. The number of hydrogen-bond donors (Lipinski definition) is 1. The minimum absolute atomic E-state index is 0.0717. The first-order valence-electron chi connectivity index (χ1n) is 9.09. The van der Waals surface area contributed by atoms with E-state index in [4.69, 9.17) is 10.00 Å². The van der Waals surface area contributed by atoms with Gasteiger partial charge in [-0.05, 0) is 51.0 Å². The highest BCUT2D eigenvalue weighted by Crippen LogP contribution is 2.14. The van der Waals surface area contributed by atoms with E-state index in [9.17, 15) is 14.4 Å². The van der Waals surface area contributed by atoms with Crippen LogP contribution in [0.5, 0.6) is 0 Å². The summed E-state index contributed by atoms with van der Waals surface area (Å²) in [5.74, 6) is -1.24. The summed E-state index contributed by atoms with van der Waals surface area (Å²) >= 11 is 0. The van der Waals surface area contributed by atoms with E-state index in [0.29, 0.717) is 5.69 Å². The van der Waals surface area contributed by atoms with Gasteiger partial charge in [-0.3, -0.25) is 9.59 Å². The van der Waals surface area contributed by atoms with Crippen LogP contribution in [0.3, 0.4) is 0 Å². The van der Waals surface area contributed by atoms with E-state index in [1.807, 2.05) is 27.7 Å². The molecule has 1 N–H and O–H groups in total. The first kappa shape index (κ1) is 22.2. The Morgan fingerprint density at radius 2 is 1.67 bits per heavy atom. The van der Waals surface area contributed by atoms with Gasteiger partial charge in [0.25, 0.3) is 5.91 Å². The number of amides is 2. The number of hydrogen-bond acceptors (Lipinski definition) is 5. The standard InChI is InChI=1S/C20H27N3O4/c1-5-14(3)23(15(4)6-2)19(25)13-27-20(26)16-7-9-17(10-8-16)22-18(24)11-12-21/h7-10,14-15H,5-6,11,13H2,1-4H3,(H,22,24)/t14-,15+. The van der Waals surface area contributed by atoms with Crippen molar-refractivity contribution in [1.82, 2.24) is 4.90 Å². The summed E-state index contributed by atoms with van der Waals surface area (Å²) < 4.78 is 5.16. The van der Waals surface area contributed by atoms with Crippen molar-refractivity contribution in [2.45, 2.75) is 59.0 Å². The molecule has 0 radical (unpaired) electrons. The van der Waals surface area contributed by atoms with Gasteiger partial charge in [0, 0.05) is 17.8 Å². The number of carbonyl (C=O) groups excluding carboxylic acids is 3. The molecule has 0 saturated heterocycles. The number of benzene rings is 1. The zero-order valence-corrected chi connectivity index (χ0v) is 16.3. The number of esters is 1. The molecule has 0 bridgehead atoms. The SMILES string of the molecule is CC[C@@H](C)N(C(=O)COC(=O)c1ccc(NC(=O)CC#N)cc1)[C@@H](C)CC. The highest BCUT2D eigenvalue weighted by Gasteiger charge is 2.24. The lowest BCUT2D eigenvalue weighted by Gasteiger charge is -2.33. The second-order valence-corrected chi connectivity index (χ2v) is 6.35. The Kier molecular flexibility index (Phi) is 9.00. The van der Waals surface area contributed by atoms with E-state index in [2.05, 4.69) is 5.32 Å². The number of ether oxygens (including phenoxy) is 1. The Balaban J connectivity index is 2.66. The maximum absolute atomic E-state index is 12.5. The molecule has 1 aromatic carbocycles. The molecule has 0 unspecified atom stereocenters. The number of rotatable bonds is 9. The molecule has 7 nitrogen and oxygen atoms in total. The third-order valence-electron chi connectivity index (χ3n) is 4.39. The third kappa shape index (κ3) is 6.74. The van der Waals surface area contributed by atoms with Crippen molar-refractivity contribution in [1.29, 1.82) is 5.26 Å². The molecule has 1 aromatic rings. The molecule has 0 saturated carbocycles. The van der Waals surface area contributed by atoms with Crippen LogP contribution in [0.4, 0.5) is 5.69 Å². The van der Waals surface area contributed by atoms with Gasteiger partial charge < -0.3 is 15.0 Å². The predicted octanol–water partition coefficient (Wildman–Crippen LogP) is 3.12. The number of nitrogens with one attached hydrogen (secondary N) is 1. The normalized spacial score (nSPS) is 12.4. The maximum Gasteiger partial charge on any atom is 0.338 e. The first-order valence-corrected chi connectivity index (χ1v) is 9.09. The number of anilines is 1. The minimum atomic E-state index is -0.605. The fourth-order valence-corrected chi connectivity index (χ4v) is 2.57. The summed E-state index contributed by atoms with van der Waals surface area (Å²) in [7, 11) is 0. The van der Waals surface area contributed by atoms with Gasteiger partial charge >= 0.3 is 5.97 Å². The first-order chi connectivity index (χ1) is 12.8. The quantitative estimate of drug-likeness (QED) is 0.671. The maximum atomic E-state index is 12.5. The van der Waals surface area contributed by atoms with Gasteiger partial charge in [0.15, 0.2) is 6.61 Å². The topological polar surface area (TPSA) is 99.5 Å². The van der Waals surface area contributed by atoms with Crippen LogP contribution in [-0.4, -0.2) is 41.4 Å². The molecule has 0 heterocycles. The zero-order valence-electron chi connectivity index (χ0n) is 16.3. The molecule has 0 aliphatic heterocycles. The third-order valence-corrected chi connectivity index (χ3v) is 4.39. The summed E-state index contributed by atoms with van der Waals surface area (Å²) in [4.78, 5) is 37.8. The van der Waals surface area contributed by atoms with E-state index in [1.165, 1.54) is 24.3 Å². The van der Waals surface area contributed by atoms with Gasteiger partial charge in [0.05, 0.1) is 11.6 Å². The van der Waals surface area contributed by atoms with E-state index in [-0.39, 0.29) is 36.6 Å². The Morgan fingerprint density at radius 1 is 1.11 bits per heavy atom. The van der Waals surface area contributed by atoms with E-state index in [1.54, 1.807) is 11.0 Å². The summed E-state index contributed by atoms with van der Waals surface area (Å²) in [5.41, 5.74) is 0.752. The lowest BCUT2D eigenvalue weighted by Crippen LogP contribution is -2.46. The molecule has 0 aliphatic rings. The Morgan fingerprint density at radius 3 is 2.15 bits per heavy atom. The van der Waals surface area contributed by atoms with Gasteiger partial charge in [-0.1, -0.05) is 13.8 Å². The number of carbonyl (C=O) groups is 3. The Bertz CT molecular complexity index is 684. The molecule has 0 fully saturated rings. The second-order valence-electron chi connectivity index (χ2n) is 6.35. The van der Waals surface area contributed by atoms with Crippen LogP contribution in [0.25, 0.3) is 0 Å². The second kappa shape index (κ2) is 11.0. The predicted molar refractivity (Wildman–Crippen MR) is 102 cm³/mol. The van der Waals surface area contributed by atoms with Gasteiger partial charge in [0.2, 0.25) is 5.91 Å². The van der Waals surface area contributed by atoms with Crippen LogP contribution in [0.1, 0.15) is 57.3 Å². The lowest BCUT2D eigenvalue weighted by molar-refractivity contribution is -0.139. The molecule has 0 aromatic heterocycles. The number of nitrogens with zero attached hydrogens (tertiary/aromatic N) is 2. The molecule has 0 aliphatic carbocycles. The molecule has 1 rings (SSSR count). The van der Waals surface area contributed by atoms with Gasteiger partial charge in [0.1, 0.15) is 6.42 Å². The molecule has 7 heteroatoms. The van der Waals surface area contributed by atoms with Crippen molar-refractivity contribution in [2.24, 2.45) is 0 Å². The van der Waals surface area contributed by atoms with Crippen LogP contribution >= 0.6 is 0 Å². The van der Waals surface area contributed by atoms with Crippen LogP contribution in [0.15, 0.2) is 24.3 Å². The van der Waals surface area contributed by atoms with Crippen molar-refractivity contribution in [3.63, 3.8) is 0 Å². The molecule has 27 heavy (non-hydrogen) atoms. The van der Waals surface area contributed by atoms with Crippen molar-refractivity contribution in [2.75, 3.05) is 11.9 Å². The van der Waals surface area contributed by atoms with Crippen molar-refractivity contribution in [3.8, 4) is 6.07 Å². The fraction of sp³-hybridized carbons (Fsp3) is 0.500. The van der Waals surface area contributed by atoms with Crippen molar-refractivity contribution >= 4 is 23.5 Å². The van der Waals surface area contributed by atoms with Crippen molar-refractivity contribution < 1.29 is 19.1 Å². The smallest absolute Gasteiger partial charge is 0.338 e. The van der Waals surface area contributed by atoms with Crippen LogP contribution in [0, 0.1) is 11.3 Å². The summed E-state index contributed by atoms with van der Waals surface area (Å²) in [6.45, 7) is 7.66. The largest absolute Gasteiger partial charge is 0.452 e. The Hall–Kier alpha value is -2.88. The molecule has 0 spiro atoms. The molecule has 2 atom stereocenters. The highest BCUT2D eigenvalue weighted by molar-refractivity contribution is 5.94. The molecular formula is C20H27N3O4. The highest BCUT2D eigenvalue weighted by atomic mass is 16.5. The monoisotopic (exact) mass is 373 g/mol. The average Bonchev–Trinajstić information content (AvgIpc) is 2.66.